The van der Waals surface area contributed by atoms with E-state index in [0.29, 0.717) is 5.15 Å². The summed E-state index contributed by atoms with van der Waals surface area (Å²) in [5, 5.41) is 3.80. The van der Waals surface area contributed by atoms with Crippen LogP contribution in [-0.4, -0.2) is 19.9 Å². The first-order valence-corrected chi connectivity index (χ1v) is 6.23. The molecule has 0 radical (unpaired) electrons. The number of hydrogen-bond donors (Lipinski definition) is 2. The van der Waals surface area contributed by atoms with E-state index in [1.54, 1.807) is 12.4 Å². The predicted octanol–water partition coefficient (Wildman–Crippen LogP) is 3.15. The van der Waals surface area contributed by atoms with Gasteiger partial charge in [0.25, 0.3) is 0 Å². The third kappa shape index (κ3) is 2.61. The molecule has 0 aliphatic heterocycles. The van der Waals surface area contributed by atoms with Gasteiger partial charge in [0, 0.05) is 18.0 Å². The maximum atomic E-state index is 6.12. The number of nitrogens with zero attached hydrogens (tertiary/aromatic N) is 3. The second kappa shape index (κ2) is 5.35. The van der Waals surface area contributed by atoms with E-state index >= 15 is 0 Å². The Morgan fingerprint density at radius 1 is 1.22 bits per heavy atom. The minimum Gasteiger partial charge on any atom is -0.360 e. The summed E-state index contributed by atoms with van der Waals surface area (Å²) in [5.41, 5.74) is 0.928. The highest BCUT2D eigenvalue weighted by Gasteiger charge is 2.16. The molecule has 2 aromatic heterocycles. The van der Waals surface area contributed by atoms with Gasteiger partial charge in [0.2, 0.25) is 0 Å². The molecule has 96 valence electrons. The van der Waals surface area contributed by atoms with Crippen LogP contribution >= 0.6 is 11.6 Å². The van der Waals surface area contributed by atoms with Gasteiger partial charge in [-0.1, -0.05) is 25.4 Å². The number of halogens is 1. The van der Waals surface area contributed by atoms with Gasteiger partial charge < -0.3 is 10.3 Å². The molecule has 0 aromatic carbocycles. The fourth-order valence-corrected chi connectivity index (χ4v) is 2.14. The fraction of sp³-hybridized carbons (Fsp3) is 0.417. The Kier molecular flexibility index (Phi) is 3.81. The largest absolute Gasteiger partial charge is 0.360 e. The summed E-state index contributed by atoms with van der Waals surface area (Å²) in [7, 11) is 0. The lowest BCUT2D eigenvalue weighted by atomic mass is 10.1. The normalized spacial score (nSPS) is 12.7. The topological polar surface area (TPSA) is 66.5 Å². The van der Waals surface area contributed by atoms with Gasteiger partial charge in [-0.25, -0.2) is 15.0 Å². The van der Waals surface area contributed by atoms with Crippen LogP contribution in [0.1, 0.15) is 44.1 Å². The molecule has 0 bridgehead atoms. The van der Waals surface area contributed by atoms with E-state index in [-0.39, 0.29) is 12.0 Å². The van der Waals surface area contributed by atoms with Gasteiger partial charge in [-0.2, -0.15) is 0 Å². The van der Waals surface area contributed by atoms with Gasteiger partial charge in [0.05, 0.1) is 6.04 Å². The molecule has 1 unspecified atom stereocenters. The molecule has 2 N–H and O–H groups in total. The summed E-state index contributed by atoms with van der Waals surface area (Å²) >= 11 is 6.12. The first kappa shape index (κ1) is 12.8. The molecule has 2 aromatic rings. The first-order chi connectivity index (χ1) is 8.59. The third-order valence-corrected chi connectivity index (χ3v) is 3.00. The molecule has 6 heteroatoms. The van der Waals surface area contributed by atoms with E-state index in [0.717, 1.165) is 17.2 Å². The summed E-state index contributed by atoms with van der Waals surface area (Å²) in [6.07, 6.45) is 4.99. The number of aromatic amines is 1. The lowest BCUT2D eigenvalue weighted by Crippen LogP contribution is -2.12. The number of H-pyrrole nitrogens is 1. The highest BCUT2D eigenvalue weighted by atomic mass is 35.5. The zero-order chi connectivity index (χ0) is 13.1. The van der Waals surface area contributed by atoms with E-state index in [2.05, 4.69) is 39.1 Å². The van der Waals surface area contributed by atoms with Crippen molar-refractivity contribution in [2.24, 2.45) is 0 Å². The van der Waals surface area contributed by atoms with Crippen LogP contribution in [-0.2, 0) is 0 Å². The Hall–Kier alpha value is -1.62. The molecule has 0 aliphatic carbocycles. The van der Waals surface area contributed by atoms with Crippen LogP contribution in [0, 0.1) is 0 Å². The first-order valence-electron chi connectivity index (χ1n) is 5.85. The summed E-state index contributed by atoms with van der Waals surface area (Å²) < 4.78 is 0. The number of hydrogen-bond acceptors (Lipinski definition) is 4. The lowest BCUT2D eigenvalue weighted by Gasteiger charge is -2.17. The van der Waals surface area contributed by atoms with Crippen molar-refractivity contribution < 1.29 is 0 Å². The molecule has 0 saturated carbocycles. The monoisotopic (exact) mass is 265 g/mol. The molecule has 2 rings (SSSR count). The number of nitrogens with one attached hydrogen (secondary N) is 2. The molecule has 0 saturated heterocycles. The Morgan fingerprint density at radius 3 is 2.61 bits per heavy atom. The lowest BCUT2D eigenvalue weighted by molar-refractivity contribution is 0.783. The number of imidazole rings is 1. The van der Waals surface area contributed by atoms with Crippen LogP contribution in [0.3, 0.4) is 0 Å². The number of rotatable bonds is 4. The standard InChI is InChI=1S/C12H16ClN5/c1-7(2)9-10(13)16-6-17-12(9)18-8(3)11-14-4-5-15-11/h4-8H,1-3H3,(H,14,15)(H,16,17,18). The van der Waals surface area contributed by atoms with Gasteiger partial charge in [-0.3, -0.25) is 0 Å². The van der Waals surface area contributed by atoms with Crippen LogP contribution < -0.4 is 5.32 Å². The maximum Gasteiger partial charge on any atom is 0.138 e. The average molecular weight is 266 g/mol. The quantitative estimate of drug-likeness (QED) is 0.834. The van der Waals surface area contributed by atoms with Crippen molar-refractivity contribution in [3.8, 4) is 0 Å². The van der Waals surface area contributed by atoms with Crippen molar-refractivity contribution in [3.05, 3.63) is 35.3 Å². The molecule has 5 nitrogen and oxygen atoms in total. The molecule has 0 amide bonds. The second-order valence-electron chi connectivity index (χ2n) is 4.42. The molecule has 0 spiro atoms. The number of anilines is 1. The highest BCUT2D eigenvalue weighted by Crippen LogP contribution is 2.29. The molecular formula is C12H16ClN5. The van der Waals surface area contributed by atoms with E-state index in [1.165, 1.54) is 6.33 Å². The average Bonchev–Trinajstić information content (AvgIpc) is 2.81. The summed E-state index contributed by atoms with van der Waals surface area (Å²) in [6, 6.07) is 0.0310. The predicted molar refractivity (Wildman–Crippen MR) is 71.8 cm³/mol. The minimum atomic E-state index is 0.0310. The van der Waals surface area contributed by atoms with Gasteiger partial charge in [-0.05, 0) is 12.8 Å². The Labute approximate surface area is 111 Å². The van der Waals surface area contributed by atoms with Gasteiger partial charge in [0.15, 0.2) is 0 Å². The van der Waals surface area contributed by atoms with E-state index in [1.807, 2.05) is 6.92 Å². The van der Waals surface area contributed by atoms with Crippen molar-refractivity contribution in [1.82, 2.24) is 19.9 Å². The van der Waals surface area contributed by atoms with Gasteiger partial charge >= 0.3 is 0 Å². The van der Waals surface area contributed by atoms with Crippen LogP contribution in [0.15, 0.2) is 18.7 Å². The fourth-order valence-electron chi connectivity index (χ4n) is 1.79. The second-order valence-corrected chi connectivity index (χ2v) is 4.78. The van der Waals surface area contributed by atoms with Crippen molar-refractivity contribution in [3.63, 3.8) is 0 Å². The smallest absolute Gasteiger partial charge is 0.138 e. The minimum absolute atomic E-state index is 0.0310. The van der Waals surface area contributed by atoms with E-state index < -0.39 is 0 Å². The summed E-state index contributed by atoms with van der Waals surface area (Å²) in [4.78, 5) is 15.6. The summed E-state index contributed by atoms with van der Waals surface area (Å²) in [5.74, 6) is 1.87. The number of aromatic nitrogens is 4. The van der Waals surface area contributed by atoms with Crippen LogP contribution in [0.5, 0.6) is 0 Å². The van der Waals surface area contributed by atoms with Crippen molar-refractivity contribution in [1.29, 1.82) is 0 Å². The van der Waals surface area contributed by atoms with Crippen molar-refractivity contribution >= 4 is 17.4 Å². The maximum absolute atomic E-state index is 6.12. The van der Waals surface area contributed by atoms with E-state index in [4.69, 9.17) is 11.6 Å². The van der Waals surface area contributed by atoms with Gasteiger partial charge in [0.1, 0.15) is 23.1 Å². The zero-order valence-electron chi connectivity index (χ0n) is 10.6. The Bertz CT molecular complexity index is 509. The van der Waals surface area contributed by atoms with Crippen LogP contribution in [0.25, 0.3) is 0 Å². The van der Waals surface area contributed by atoms with Crippen LogP contribution in [0.2, 0.25) is 5.15 Å². The van der Waals surface area contributed by atoms with Crippen LogP contribution in [0.4, 0.5) is 5.82 Å². The SMILES string of the molecule is CC(C)c1c(Cl)ncnc1NC(C)c1ncc[nH]1. The molecule has 1 atom stereocenters. The zero-order valence-corrected chi connectivity index (χ0v) is 11.4. The summed E-state index contributed by atoms with van der Waals surface area (Å²) in [6.45, 7) is 6.14. The molecular weight excluding hydrogens is 250 g/mol. The molecule has 18 heavy (non-hydrogen) atoms. The van der Waals surface area contributed by atoms with Crippen molar-refractivity contribution in [2.45, 2.75) is 32.7 Å². The molecule has 2 heterocycles. The highest BCUT2D eigenvalue weighted by molar-refractivity contribution is 6.30. The third-order valence-electron chi connectivity index (χ3n) is 2.70. The van der Waals surface area contributed by atoms with Crippen molar-refractivity contribution in [2.75, 3.05) is 5.32 Å². The van der Waals surface area contributed by atoms with Gasteiger partial charge in [-0.15, -0.1) is 0 Å². The Morgan fingerprint density at radius 2 is 2.00 bits per heavy atom. The molecule has 0 aliphatic rings. The Balaban J connectivity index is 2.26. The molecule has 0 fully saturated rings. The van der Waals surface area contributed by atoms with E-state index in [9.17, 15) is 0 Å².